The Morgan fingerprint density at radius 2 is 1.21 bits per heavy atom. The third-order valence-corrected chi connectivity index (χ3v) is 4.47. The second-order valence-electron chi connectivity index (χ2n) is 6.34. The highest BCUT2D eigenvalue weighted by Gasteiger charge is 2.17. The Kier molecular flexibility index (Phi) is 17.6. The second-order valence-corrected chi connectivity index (χ2v) is 6.34. The van der Waals surface area contributed by atoms with Crippen molar-refractivity contribution in [2.75, 3.05) is 27.2 Å². The third kappa shape index (κ3) is 11.9. The zero-order valence-corrected chi connectivity index (χ0v) is 19.0. The molecule has 0 radical (unpaired) electrons. The van der Waals surface area contributed by atoms with Crippen LogP contribution in [-0.4, -0.2) is 38.1 Å². The first-order valence-electron chi connectivity index (χ1n) is 10.9. The zero-order chi connectivity index (χ0) is 21.0. The van der Waals surface area contributed by atoms with E-state index in [0.717, 1.165) is 19.1 Å². The molecule has 0 aliphatic carbocycles. The molecule has 158 valence electrons. The van der Waals surface area contributed by atoms with E-state index in [1.165, 1.54) is 37.1 Å². The second kappa shape index (κ2) is 18.7. The molecule has 1 aliphatic heterocycles. The van der Waals surface area contributed by atoms with E-state index in [9.17, 15) is 0 Å². The van der Waals surface area contributed by atoms with Gasteiger partial charge in [0.25, 0.3) is 0 Å². The number of hydrogen-bond donors (Lipinski definition) is 2. The Hall–Kier alpha value is -1.68. The van der Waals surface area contributed by atoms with Crippen LogP contribution >= 0.6 is 0 Å². The molecule has 0 amide bonds. The summed E-state index contributed by atoms with van der Waals surface area (Å²) in [6.07, 6.45) is 2.56. The molecule has 3 nitrogen and oxygen atoms in total. The van der Waals surface area contributed by atoms with Gasteiger partial charge in [-0.1, -0.05) is 88.4 Å². The van der Waals surface area contributed by atoms with Gasteiger partial charge in [0.1, 0.15) is 0 Å². The molecule has 0 bridgehead atoms. The molecule has 0 unspecified atom stereocenters. The number of likely N-dealkylation sites (tertiary alicyclic amines) is 1. The van der Waals surface area contributed by atoms with Crippen molar-refractivity contribution in [3.63, 3.8) is 0 Å². The van der Waals surface area contributed by atoms with Crippen LogP contribution in [-0.2, 0) is 13.1 Å². The minimum Gasteiger partial charge on any atom is -0.317 e. The monoisotopic (exact) mass is 385 g/mol. The summed E-state index contributed by atoms with van der Waals surface area (Å²) in [6.45, 7) is 12.5. The number of piperidine rings is 1. The van der Waals surface area contributed by atoms with Gasteiger partial charge in [0, 0.05) is 19.1 Å². The number of hydrogen-bond acceptors (Lipinski definition) is 3. The molecule has 2 aromatic carbocycles. The van der Waals surface area contributed by atoms with Crippen LogP contribution in [0.4, 0.5) is 0 Å². The Labute approximate surface area is 174 Å². The van der Waals surface area contributed by atoms with E-state index in [1.54, 1.807) is 0 Å². The van der Waals surface area contributed by atoms with Gasteiger partial charge in [-0.2, -0.15) is 0 Å². The molecular formula is C25H43N3. The van der Waals surface area contributed by atoms with Crippen LogP contribution in [0.5, 0.6) is 0 Å². The Bertz CT molecular complexity index is 534. The highest BCUT2D eigenvalue weighted by atomic mass is 15.1. The molecule has 3 heteroatoms. The lowest BCUT2D eigenvalue weighted by atomic mass is 10.0. The Morgan fingerprint density at radius 3 is 1.64 bits per heavy atom. The highest BCUT2D eigenvalue weighted by Crippen LogP contribution is 2.13. The normalized spacial score (nSPS) is 13.8. The maximum absolute atomic E-state index is 3.36. The number of nitrogens with zero attached hydrogens (tertiary/aromatic N) is 1. The standard InChI is InChI=1S/C13H20N2.C8H11N.2C2H6/c1-14-13-7-9-15(10-8-13)11-12-5-3-2-4-6-12;1-9-7-8-5-3-2-4-6-8;2*1-2/h2-6,13-14H,7-11H2,1H3;2-6,9H,7H2,1H3;2*1-2H3. The summed E-state index contributed by atoms with van der Waals surface area (Å²) in [6, 6.07) is 21.8. The molecular weight excluding hydrogens is 342 g/mol. The van der Waals surface area contributed by atoms with E-state index in [0.29, 0.717) is 0 Å². The fraction of sp³-hybridized carbons (Fsp3) is 0.520. The Morgan fingerprint density at radius 1 is 0.750 bits per heavy atom. The molecule has 1 heterocycles. The van der Waals surface area contributed by atoms with E-state index >= 15 is 0 Å². The van der Waals surface area contributed by atoms with Crippen molar-refractivity contribution in [1.29, 1.82) is 0 Å². The Balaban J connectivity index is 0.000000481. The van der Waals surface area contributed by atoms with Crippen molar-refractivity contribution in [2.24, 2.45) is 0 Å². The zero-order valence-electron chi connectivity index (χ0n) is 19.0. The smallest absolute Gasteiger partial charge is 0.0233 e. The highest BCUT2D eigenvalue weighted by molar-refractivity contribution is 5.15. The molecule has 0 saturated carbocycles. The van der Waals surface area contributed by atoms with Gasteiger partial charge in [-0.3, -0.25) is 4.90 Å². The van der Waals surface area contributed by atoms with E-state index in [-0.39, 0.29) is 0 Å². The topological polar surface area (TPSA) is 27.3 Å². The van der Waals surface area contributed by atoms with Crippen molar-refractivity contribution < 1.29 is 0 Å². The van der Waals surface area contributed by atoms with Crippen LogP contribution in [0.25, 0.3) is 0 Å². The van der Waals surface area contributed by atoms with E-state index in [4.69, 9.17) is 0 Å². The maximum atomic E-state index is 3.36. The molecule has 0 spiro atoms. The summed E-state index contributed by atoms with van der Waals surface area (Å²) in [5.41, 5.74) is 2.76. The van der Waals surface area contributed by atoms with Crippen LogP contribution in [0.3, 0.4) is 0 Å². The average Bonchev–Trinajstić information content (AvgIpc) is 2.79. The summed E-state index contributed by atoms with van der Waals surface area (Å²) >= 11 is 0. The predicted octanol–water partition coefficient (Wildman–Crippen LogP) is 5.33. The van der Waals surface area contributed by atoms with Crippen molar-refractivity contribution in [2.45, 2.75) is 59.7 Å². The van der Waals surface area contributed by atoms with Crippen molar-refractivity contribution in [1.82, 2.24) is 15.5 Å². The minimum atomic E-state index is 0.733. The summed E-state index contributed by atoms with van der Waals surface area (Å²) < 4.78 is 0. The molecule has 0 atom stereocenters. The van der Waals surface area contributed by atoms with Gasteiger partial charge in [0.2, 0.25) is 0 Å². The minimum absolute atomic E-state index is 0.733. The van der Waals surface area contributed by atoms with Crippen LogP contribution in [0.1, 0.15) is 51.7 Å². The largest absolute Gasteiger partial charge is 0.317 e. The SMILES string of the molecule is CC.CC.CNC1CCN(Cc2ccccc2)CC1.CNCc1ccccc1. The van der Waals surface area contributed by atoms with Gasteiger partial charge in [0.15, 0.2) is 0 Å². The van der Waals surface area contributed by atoms with Crippen LogP contribution in [0.15, 0.2) is 60.7 Å². The van der Waals surface area contributed by atoms with Gasteiger partial charge < -0.3 is 10.6 Å². The van der Waals surface area contributed by atoms with E-state index < -0.39 is 0 Å². The first-order valence-corrected chi connectivity index (χ1v) is 10.9. The lowest BCUT2D eigenvalue weighted by Gasteiger charge is -2.31. The molecule has 0 aromatic heterocycles. The maximum Gasteiger partial charge on any atom is 0.0233 e. The van der Waals surface area contributed by atoms with Gasteiger partial charge in [-0.25, -0.2) is 0 Å². The van der Waals surface area contributed by atoms with E-state index in [1.807, 2.05) is 52.9 Å². The predicted molar refractivity (Wildman–Crippen MR) is 126 cm³/mol. The third-order valence-electron chi connectivity index (χ3n) is 4.47. The molecule has 28 heavy (non-hydrogen) atoms. The molecule has 2 N–H and O–H groups in total. The van der Waals surface area contributed by atoms with Gasteiger partial charge in [0.05, 0.1) is 0 Å². The number of rotatable bonds is 5. The molecule has 1 aliphatic rings. The molecule has 2 aromatic rings. The van der Waals surface area contributed by atoms with Gasteiger partial charge >= 0.3 is 0 Å². The summed E-state index contributed by atoms with van der Waals surface area (Å²) in [4.78, 5) is 2.54. The van der Waals surface area contributed by atoms with Crippen molar-refractivity contribution >= 4 is 0 Å². The first-order chi connectivity index (χ1) is 13.8. The van der Waals surface area contributed by atoms with Crippen molar-refractivity contribution in [3.05, 3.63) is 71.8 Å². The molecule has 1 fully saturated rings. The lowest BCUT2D eigenvalue weighted by Crippen LogP contribution is -2.40. The fourth-order valence-corrected chi connectivity index (χ4v) is 3.02. The lowest BCUT2D eigenvalue weighted by molar-refractivity contribution is 0.194. The van der Waals surface area contributed by atoms with E-state index in [2.05, 4.69) is 65.0 Å². The molecule has 1 saturated heterocycles. The van der Waals surface area contributed by atoms with Gasteiger partial charge in [-0.05, 0) is 51.2 Å². The number of nitrogens with one attached hydrogen (secondary N) is 2. The van der Waals surface area contributed by atoms with Crippen LogP contribution < -0.4 is 10.6 Å². The molecule has 3 rings (SSSR count). The first kappa shape index (κ1) is 26.3. The summed E-state index contributed by atoms with van der Waals surface area (Å²) in [5.74, 6) is 0. The van der Waals surface area contributed by atoms with Crippen molar-refractivity contribution in [3.8, 4) is 0 Å². The summed E-state index contributed by atoms with van der Waals surface area (Å²) in [5, 5.41) is 6.45. The van der Waals surface area contributed by atoms with Crippen LogP contribution in [0, 0.1) is 0 Å². The van der Waals surface area contributed by atoms with Gasteiger partial charge in [-0.15, -0.1) is 0 Å². The number of benzene rings is 2. The summed E-state index contributed by atoms with van der Waals surface area (Å²) in [7, 11) is 4.02. The quantitative estimate of drug-likeness (QED) is 0.728. The van der Waals surface area contributed by atoms with Crippen LogP contribution in [0.2, 0.25) is 0 Å². The fourth-order valence-electron chi connectivity index (χ4n) is 3.02. The average molecular weight is 386 g/mol.